The van der Waals surface area contributed by atoms with Crippen LogP contribution >= 0.6 is 0 Å². The fourth-order valence-corrected chi connectivity index (χ4v) is 1.04. The van der Waals surface area contributed by atoms with Gasteiger partial charge in [-0.2, -0.15) is 13.2 Å². The highest BCUT2D eigenvalue weighted by molar-refractivity contribution is 5.20. The van der Waals surface area contributed by atoms with Crippen molar-refractivity contribution in [3.05, 3.63) is 30.8 Å². The van der Waals surface area contributed by atoms with Gasteiger partial charge in [-0.15, -0.1) is 0 Å². The molecule has 1 heterocycles. The average molecular weight is 218 g/mol. The Morgan fingerprint density at radius 2 is 2.13 bits per heavy atom. The van der Waals surface area contributed by atoms with E-state index < -0.39 is 12.8 Å². The molecule has 0 fully saturated rings. The maximum absolute atomic E-state index is 11.8. The maximum atomic E-state index is 11.8. The van der Waals surface area contributed by atoms with Crippen molar-refractivity contribution in [3.8, 4) is 5.88 Å². The van der Waals surface area contributed by atoms with Crippen molar-refractivity contribution in [3.63, 3.8) is 0 Å². The van der Waals surface area contributed by atoms with E-state index in [1.807, 2.05) is 0 Å². The van der Waals surface area contributed by atoms with Crippen LogP contribution in [0.1, 0.15) is 12.0 Å². The summed E-state index contributed by atoms with van der Waals surface area (Å²) in [5.41, 5.74) is 0.872. The van der Waals surface area contributed by atoms with Crippen molar-refractivity contribution in [2.45, 2.75) is 19.0 Å². The summed E-state index contributed by atoms with van der Waals surface area (Å²) in [5.74, 6) is -0.00160. The summed E-state index contributed by atoms with van der Waals surface area (Å²) >= 11 is 0. The van der Waals surface area contributed by atoms with E-state index in [1.54, 1.807) is 6.07 Å². The summed E-state index contributed by atoms with van der Waals surface area (Å²) in [6.45, 7) is 2.34. The number of halogens is 3. The second-order valence-electron chi connectivity index (χ2n) is 3.01. The van der Waals surface area contributed by atoms with Crippen LogP contribution in [0.4, 0.5) is 13.2 Å². The normalized spacial score (nSPS) is 11.5. The van der Waals surface area contributed by atoms with E-state index in [1.165, 1.54) is 12.3 Å². The zero-order valence-corrected chi connectivity index (χ0v) is 8.05. The molecule has 1 aromatic heterocycles. The van der Waals surface area contributed by atoms with Crippen LogP contribution in [-0.2, 0) is 6.42 Å². The summed E-state index contributed by atoms with van der Waals surface area (Å²) in [6.07, 6.45) is -1.52. The molecule has 0 aromatic carbocycles. The molecule has 0 amide bonds. The first-order valence-corrected chi connectivity index (χ1v) is 4.45. The minimum atomic E-state index is -4.33. The molecule has 0 atom stereocenters. The van der Waals surface area contributed by atoms with E-state index in [4.69, 9.17) is 0 Å². The fraction of sp³-hybridized carbons (Fsp3) is 0.400. The van der Waals surface area contributed by atoms with Crippen LogP contribution in [0.3, 0.4) is 0 Å². The first-order chi connectivity index (χ1) is 7.01. The van der Waals surface area contributed by atoms with Gasteiger partial charge >= 0.3 is 6.18 Å². The van der Waals surface area contributed by atoms with Crippen molar-refractivity contribution in [1.29, 1.82) is 0 Å². The first-order valence-electron chi connectivity index (χ1n) is 4.45. The van der Waals surface area contributed by atoms with Gasteiger partial charge in [0.05, 0.1) is 0 Å². The molecular formula is C10H11F3NO. The highest BCUT2D eigenvalue weighted by atomic mass is 19.4. The Hall–Kier alpha value is -1.26. The standard InChI is InChI=1S/C10H11F3NO/c1-2-3-8-4-5-14-9(6-8)15-7-10(11,12)13/h4-6H,1-3,7H2. The van der Waals surface area contributed by atoms with E-state index in [0.717, 1.165) is 5.56 Å². The van der Waals surface area contributed by atoms with Crippen LogP contribution in [-0.4, -0.2) is 17.8 Å². The Bertz CT molecular complexity index is 312. The number of pyridine rings is 1. The summed E-state index contributed by atoms with van der Waals surface area (Å²) in [4.78, 5) is 3.68. The van der Waals surface area contributed by atoms with E-state index in [2.05, 4.69) is 16.6 Å². The molecule has 1 radical (unpaired) electrons. The predicted molar refractivity (Wildman–Crippen MR) is 49.5 cm³/mol. The Labute approximate surface area is 86.1 Å². The molecule has 0 saturated heterocycles. The van der Waals surface area contributed by atoms with Crippen LogP contribution in [0, 0.1) is 6.92 Å². The molecule has 0 saturated carbocycles. The quantitative estimate of drug-likeness (QED) is 0.775. The molecule has 83 valence electrons. The van der Waals surface area contributed by atoms with Gasteiger partial charge in [-0.25, -0.2) is 4.98 Å². The third kappa shape index (κ3) is 4.67. The molecule has 0 aliphatic rings. The van der Waals surface area contributed by atoms with Crippen molar-refractivity contribution >= 4 is 0 Å². The third-order valence-corrected chi connectivity index (χ3v) is 1.65. The van der Waals surface area contributed by atoms with E-state index >= 15 is 0 Å². The first kappa shape index (κ1) is 11.8. The van der Waals surface area contributed by atoms with Gasteiger partial charge in [-0.05, 0) is 24.5 Å². The fourth-order valence-electron chi connectivity index (χ4n) is 1.04. The highest BCUT2D eigenvalue weighted by Crippen LogP contribution is 2.17. The molecule has 0 N–H and O–H groups in total. The van der Waals surface area contributed by atoms with Crippen LogP contribution in [0.25, 0.3) is 0 Å². The Morgan fingerprint density at radius 1 is 1.40 bits per heavy atom. The maximum Gasteiger partial charge on any atom is 0.422 e. The average Bonchev–Trinajstić information content (AvgIpc) is 2.15. The number of nitrogens with zero attached hydrogens (tertiary/aromatic N) is 1. The zero-order chi connectivity index (χ0) is 11.3. The highest BCUT2D eigenvalue weighted by Gasteiger charge is 2.28. The number of aromatic nitrogens is 1. The smallest absolute Gasteiger partial charge is 0.422 e. The van der Waals surface area contributed by atoms with Gasteiger partial charge in [0, 0.05) is 12.3 Å². The lowest BCUT2D eigenvalue weighted by atomic mass is 10.1. The number of aryl methyl sites for hydroxylation is 1. The second kappa shape index (κ2) is 5.00. The molecular weight excluding hydrogens is 207 g/mol. The Balaban J connectivity index is 2.57. The van der Waals surface area contributed by atoms with E-state index in [-0.39, 0.29) is 5.88 Å². The van der Waals surface area contributed by atoms with Crippen LogP contribution in [0.5, 0.6) is 5.88 Å². The van der Waals surface area contributed by atoms with Crippen LogP contribution in [0.2, 0.25) is 0 Å². The molecule has 5 heteroatoms. The number of ether oxygens (including phenoxy) is 1. The lowest BCUT2D eigenvalue weighted by Gasteiger charge is -2.08. The summed E-state index contributed by atoms with van der Waals surface area (Å²) in [7, 11) is 0. The number of hydrogen-bond acceptors (Lipinski definition) is 2. The second-order valence-corrected chi connectivity index (χ2v) is 3.01. The lowest BCUT2D eigenvalue weighted by molar-refractivity contribution is -0.154. The molecule has 0 aliphatic carbocycles. The minimum absolute atomic E-state index is 0.00160. The predicted octanol–water partition coefficient (Wildman–Crippen LogP) is 2.79. The molecule has 1 aromatic rings. The van der Waals surface area contributed by atoms with E-state index in [9.17, 15) is 13.2 Å². The van der Waals surface area contributed by atoms with Crippen molar-refractivity contribution in [1.82, 2.24) is 4.98 Å². The molecule has 15 heavy (non-hydrogen) atoms. The molecule has 1 rings (SSSR count). The molecule has 2 nitrogen and oxygen atoms in total. The van der Waals surface area contributed by atoms with Crippen molar-refractivity contribution in [2.75, 3.05) is 6.61 Å². The van der Waals surface area contributed by atoms with Gasteiger partial charge in [0.15, 0.2) is 6.61 Å². The van der Waals surface area contributed by atoms with Gasteiger partial charge in [-0.1, -0.05) is 6.92 Å². The number of rotatable bonds is 4. The Morgan fingerprint density at radius 3 is 2.73 bits per heavy atom. The largest absolute Gasteiger partial charge is 0.468 e. The van der Waals surface area contributed by atoms with Gasteiger partial charge in [0.25, 0.3) is 0 Å². The molecule has 0 aliphatic heterocycles. The number of alkyl halides is 3. The van der Waals surface area contributed by atoms with Gasteiger partial charge < -0.3 is 4.74 Å². The summed E-state index contributed by atoms with van der Waals surface area (Å²) < 4.78 is 40.0. The minimum Gasteiger partial charge on any atom is -0.468 e. The number of hydrogen-bond donors (Lipinski definition) is 0. The Kier molecular flexibility index (Phi) is 3.94. The lowest BCUT2D eigenvalue weighted by Crippen LogP contribution is -2.19. The van der Waals surface area contributed by atoms with Crippen LogP contribution in [0.15, 0.2) is 18.3 Å². The topological polar surface area (TPSA) is 22.1 Å². The van der Waals surface area contributed by atoms with Crippen molar-refractivity contribution < 1.29 is 17.9 Å². The monoisotopic (exact) mass is 218 g/mol. The molecule has 0 spiro atoms. The van der Waals surface area contributed by atoms with Crippen molar-refractivity contribution in [2.24, 2.45) is 0 Å². The van der Waals surface area contributed by atoms with Crippen LogP contribution < -0.4 is 4.74 Å². The van der Waals surface area contributed by atoms with Gasteiger partial charge in [-0.3, -0.25) is 0 Å². The van der Waals surface area contributed by atoms with E-state index in [0.29, 0.717) is 12.8 Å². The van der Waals surface area contributed by atoms with Gasteiger partial charge in [0.2, 0.25) is 5.88 Å². The third-order valence-electron chi connectivity index (χ3n) is 1.65. The SMILES string of the molecule is [CH2]CCc1ccnc(OCC(F)(F)F)c1. The summed E-state index contributed by atoms with van der Waals surface area (Å²) in [5, 5.41) is 0. The molecule has 0 unspecified atom stereocenters. The molecule has 0 bridgehead atoms. The van der Waals surface area contributed by atoms with Gasteiger partial charge in [0.1, 0.15) is 0 Å². The zero-order valence-electron chi connectivity index (χ0n) is 8.05. The summed E-state index contributed by atoms with van der Waals surface area (Å²) in [6, 6.07) is 3.22.